The molecule has 0 radical (unpaired) electrons. The fraction of sp³-hybridized carbons (Fsp3) is 0.381. The predicted molar refractivity (Wildman–Crippen MR) is 107 cm³/mol. The summed E-state index contributed by atoms with van der Waals surface area (Å²) in [5.74, 6) is -0.328. The average Bonchev–Trinajstić information content (AvgIpc) is 2.66. The molecule has 1 N–H and O–H groups in total. The lowest BCUT2D eigenvalue weighted by atomic mass is 10.1. The number of ether oxygens (including phenoxy) is 2. The van der Waals surface area contributed by atoms with E-state index in [-0.39, 0.29) is 22.4 Å². The van der Waals surface area contributed by atoms with Crippen LogP contribution in [0.2, 0.25) is 0 Å². The van der Waals surface area contributed by atoms with Crippen LogP contribution in [-0.2, 0) is 11.3 Å². The molecule has 0 unspecified atom stereocenters. The molecule has 1 heterocycles. The Morgan fingerprint density at radius 3 is 2.50 bits per heavy atom. The largest absolute Gasteiger partial charge is 0.496 e. The minimum absolute atomic E-state index is 0.0993. The maximum atomic E-state index is 12.8. The van der Waals surface area contributed by atoms with Crippen LogP contribution in [0.15, 0.2) is 35.3 Å². The second-order valence-corrected chi connectivity index (χ2v) is 6.92. The molecule has 0 fully saturated rings. The fourth-order valence-electron chi connectivity index (χ4n) is 2.76. The number of hydrogen-bond acceptors (Lipinski definition) is 5. The Bertz CT molecular complexity index is 931. The minimum atomic E-state index is -0.540. The van der Waals surface area contributed by atoms with Crippen LogP contribution in [0.1, 0.15) is 46.5 Å². The molecule has 2 rings (SSSR count). The van der Waals surface area contributed by atoms with Gasteiger partial charge in [0.05, 0.1) is 14.2 Å². The normalized spacial score (nSPS) is 10.6. The molecule has 0 atom stereocenters. The molecule has 0 bridgehead atoms. The van der Waals surface area contributed by atoms with Gasteiger partial charge in [-0.1, -0.05) is 13.8 Å². The number of methoxy groups -OCH3 is 2. The Kier molecular flexibility index (Phi) is 6.98. The van der Waals surface area contributed by atoms with Gasteiger partial charge in [0.25, 0.3) is 11.5 Å². The predicted octanol–water partition coefficient (Wildman–Crippen LogP) is 3.25. The summed E-state index contributed by atoms with van der Waals surface area (Å²) in [6.07, 6.45) is 2.56. The molecule has 0 saturated heterocycles. The third-order valence-corrected chi connectivity index (χ3v) is 4.41. The lowest BCUT2D eigenvalue weighted by Gasteiger charge is -2.13. The summed E-state index contributed by atoms with van der Waals surface area (Å²) >= 11 is 0. The van der Waals surface area contributed by atoms with Crippen molar-refractivity contribution >= 4 is 17.6 Å². The molecule has 28 heavy (non-hydrogen) atoms. The number of nitrogens with one attached hydrogen (secondary N) is 1. The molecule has 0 saturated carbocycles. The highest BCUT2D eigenvalue weighted by atomic mass is 16.5. The smallest absolute Gasteiger partial charge is 0.341 e. The van der Waals surface area contributed by atoms with Crippen LogP contribution in [-0.4, -0.2) is 30.7 Å². The summed E-state index contributed by atoms with van der Waals surface area (Å²) in [6.45, 7) is 6.44. The maximum absolute atomic E-state index is 12.8. The van der Waals surface area contributed by atoms with Crippen molar-refractivity contribution in [1.29, 1.82) is 0 Å². The van der Waals surface area contributed by atoms with Gasteiger partial charge in [-0.25, -0.2) is 4.79 Å². The summed E-state index contributed by atoms with van der Waals surface area (Å²) in [4.78, 5) is 37.3. The first kappa shape index (κ1) is 21.2. The highest BCUT2D eigenvalue weighted by molar-refractivity contribution is 6.05. The Morgan fingerprint density at radius 2 is 1.89 bits per heavy atom. The van der Waals surface area contributed by atoms with E-state index in [0.717, 1.165) is 6.42 Å². The molecule has 0 spiro atoms. The summed E-state index contributed by atoms with van der Waals surface area (Å²) in [7, 11) is 2.70. The van der Waals surface area contributed by atoms with Gasteiger partial charge >= 0.3 is 5.97 Å². The highest BCUT2D eigenvalue weighted by Crippen LogP contribution is 2.24. The van der Waals surface area contributed by atoms with E-state index in [1.165, 1.54) is 26.4 Å². The first-order valence-corrected chi connectivity index (χ1v) is 9.06. The number of hydrogen-bond donors (Lipinski definition) is 1. The maximum Gasteiger partial charge on any atom is 0.341 e. The van der Waals surface area contributed by atoms with E-state index in [9.17, 15) is 14.4 Å². The van der Waals surface area contributed by atoms with Crippen LogP contribution < -0.4 is 15.6 Å². The van der Waals surface area contributed by atoms with Gasteiger partial charge in [-0.05, 0) is 43.0 Å². The lowest BCUT2D eigenvalue weighted by molar-refractivity contribution is 0.0597. The number of amides is 1. The van der Waals surface area contributed by atoms with Crippen LogP contribution in [0.4, 0.5) is 5.69 Å². The van der Waals surface area contributed by atoms with E-state index < -0.39 is 11.9 Å². The van der Waals surface area contributed by atoms with Gasteiger partial charge in [0.15, 0.2) is 0 Å². The molecule has 1 aromatic carbocycles. The molecule has 0 aliphatic rings. The number of esters is 1. The Morgan fingerprint density at radius 1 is 1.18 bits per heavy atom. The van der Waals surface area contributed by atoms with Gasteiger partial charge in [0, 0.05) is 24.5 Å². The SMILES string of the molecule is COC(=O)c1ccc(NC(=O)c2c(C)ccn(CCC(C)C)c2=O)cc1OC. The third kappa shape index (κ3) is 4.79. The van der Waals surface area contributed by atoms with Crippen LogP contribution in [0, 0.1) is 12.8 Å². The van der Waals surface area contributed by atoms with E-state index in [0.29, 0.717) is 23.7 Å². The number of pyridine rings is 1. The Hall–Kier alpha value is -3.09. The standard InChI is InChI=1S/C21H26N2O5/c1-13(2)8-10-23-11-9-14(3)18(20(23)25)19(24)22-15-6-7-16(21(26)28-5)17(12-15)27-4/h6-7,9,11-13H,8,10H2,1-5H3,(H,22,24). The first-order chi connectivity index (χ1) is 13.3. The van der Waals surface area contributed by atoms with Gasteiger partial charge in [0.1, 0.15) is 16.9 Å². The van der Waals surface area contributed by atoms with E-state index in [4.69, 9.17) is 9.47 Å². The monoisotopic (exact) mass is 386 g/mol. The molecular weight excluding hydrogens is 360 g/mol. The molecular formula is C21H26N2O5. The molecule has 0 aliphatic carbocycles. The van der Waals surface area contributed by atoms with Crippen molar-refractivity contribution in [2.45, 2.75) is 33.7 Å². The Balaban J connectivity index is 2.31. The molecule has 150 valence electrons. The van der Waals surface area contributed by atoms with Crippen molar-refractivity contribution in [2.75, 3.05) is 19.5 Å². The number of nitrogens with zero attached hydrogens (tertiary/aromatic N) is 1. The molecule has 1 aromatic heterocycles. The zero-order valence-electron chi connectivity index (χ0n) is 16.9. The van der Waals surface area contributed by atoms with Gasteiger partial charge < -0.3 is 19.4 Å². The van der Waals surface area contributed by atoms with Crippen molar-refractivity contribution < 1.29 is 19.1 Å². The van der Waals surface area contributed by atoms with Crippen LogP contribution in [0.5, 0.6) is 5.75 Å². The van der Waals surface area contributed by atoms with Gasteiger partial charge in [-0.3, -0.25) is 9.59 Å². The number of carbonyl (C=O) groups excluding carboxylic acids is 2. The molecule has 0 aliphatic heterocycles. The van der Waals surface area contributed by atoms with Crippen LogP contribution in [0.25, 0.3) is 0 Å². The van der Waals surface area contributed by atoms with Crippen molar-refractivity contribution in [3.63, 3.8) is 0 Å². The summed E-state index contributed by atoms with van der Waals surface area (Å²) < 4.78 is 11.5. The van der Waals surface area contributed by atoms with Gasteiger partial charge in [-0.15, -0.1) is 0 Å². The van der Waals surface area contributed by atoms with Crippen molar-refractivity contribution in [2.24, 2.45) is 5.92 Å². The number of aromatic nitrogens is 1. The van der Waals surface area contributed by atoms with E-state index >= 15 is 0 Å². The molecule has 2 aromatic rings. The average molecular weight is 386 g/mol. The zero-order valence-corrected chi connectivity index (χ0v) is 16.9. The van der Waals surface area contributed by atoms with E-state index in [1.54, 1.807) is 29.8 Å². The van der Waals surface area contributed by atoms with Gasteiger partial charge in [0.2, 0.25) is 0 Å². The first-order valence-electron chi connectivity index (χ1n) is 9.06. The fourth-order valence-corrected chi connectivity index (χ4v) is 2.76. The van der Waals surface area contributed by atoms with E-state index in [1.807, 2.05) is 0 Å². The van der Waals surface area contributed by atoms with E-state index in [2.05, 4.69) is 19.2 Å². The summed E-state index contributed by atoms with van der Waals surface area (Å²) in [5, 5.41) is 2.71. The number of carbonyl (C=O) groups is 2. The molecule has 1 amide bonds. The number of benzene rings is 1. The van der Waals surface area contributed by atoms with Crippen molar-refractivity contribution in [3.8, 4) is 5.75 Å². The third-order valence-electron chi connectivity index (χ3n) is 4.41. The molecule has 7 heteroatoms. The number of rotatable bonds is 7. The number of anilines is 1. The topological polar surface area (TPSA) is 86.6 Å². The molecule has 7 nitrogen and oxygen atoms in total. The van der Waals surface area contributed by atoms with Gasteiger partial charge in [-0.2, -0.15) is 0 Å². The lowest BCUT2D eigenvalue weighted by Crippen LogP contribution is -2.30. The highest BCUT2D eigenvalue weighted by Gasteiger charge is 2.18. The van der Waals surface area contributed by atoms with Crippen molar-refractivity contribution in [1.82, 2.24) is 4.57 Å². The quantitative estimate of drug-likeness (QED) is 0.738. The van der Waals surface area contributed by atoms with Crippen LogP contribution in [0.3, 0.4) is 0 Å². The second kappa shape index (κ2) is 9.21. The summed E-state index contributed by atoms with van der Waals surface area (Å²) in [5.41, 5.74) is 1.03. The minimum Gasteiger partial charge on any atom is -0.496 e. The van der Waals surface area contributed by atoms with Crippen LogP contribution >= 0.6 is 0 Å². The zero-order chi connectivity index (χ0) is 20.8. The van der Waals surface area contributed by atoms with Crippen molar-refractivity contribution in [3.05, 3.63) is 57.5 Å². The Labute approximate surface area is 164 Å². The summed E-state index contributed by atoms with van der Waals surface area (Å²) in [6, 6.07) is 6.33. The second-order valence-electron chi connectivity index (χ2n) is 6.92. The number of aryl methyl sites for hydroxylation is 2.